The van der Waals surface area contributed by atoms with E-state index in [4.69, 9.17) is 0 Å². The standard InChI is InChI=1S/C14H13Br2NOS/c1-9-4-2-3-5-10(9)6-7-17-14(18)12-8-11(15)13(16)19-12/h2-5,8H,6-7H2,1H3,(H,17,18). The first-order valence-electron chi connectivity index (χ1n) is 5.85. The van der Waals surface area contributed by atoms with Gasteiger partial charge in [-0.05, 0) is 62.4 Å². The summed E-state index contributed by atoms with van der Waals surface area (Å²) in [7, 11) is 0. The Labute approximate surface area is 133 Å². The van der Waals surface area contributed by atoms with Gasteiger partial charge < -0.3 is 5.32 Å². The fourth-order valence-corrected chi connectivity index (χ4v) is 3.70. The third-order valence-corrected chi connectivity index (χ3v) is 6.07. The molecule has 1 heterocycles. The predicted molar refractivity (Wildman–Crippen MR) is 86.9 cm³/mol. The van der Waals surface area contributed by atoms with E-state index in [0.717, 1.165) is 14.7 Å². The van der Waals surface area contributed by atoms with Gasteiger partial charge in [0.1, 0.15) is 0 Å². The number of amides is 1. The molecule has 2 nitrogen and oxygen atoms in total. The Kier molecular flexibility index (Phi) is 5.19. The molecule has 0 radical (unpaired) electrons. The van der Waals surface area contributed by atoms with Gasteiger partial charge in [0.05, 0.1) is 8.66 Å². The first-order chi connectivity index (χ1) is 9.08. The van der Waals surface area contributed by atoms with E-state index in [9.17, 15) is 4.79 Å². The molecule has 0 aliphatic heterocycles. The summed E-state index contributed by atoms with van der Waals surface area (Å²) in [5, 5.41) is 2.95. The van der Waals surface area contributed by atoms with E-state index in [-0.39, 0.29) is 5.91 Å². The highest BCUT2D eigenvalue weighted by Gasteiger charge is 2.11. The minimum absolute atomic E-state index is 0.0232. The summed E-state index contributed by atoms with van der Waals surface area (Å²) in [6, 6.07) is 10.1. The van der Waals surface area contributed by atoms with Crippen molar-refractivity contribution in [1.82, 2.24) is 5.32 Å². The van der Waals surface area contributed by atoms with Crippen molar-refractivity contribution in [3.05, 3.63) is 54.6 Å². The van der Waals surface area contributed by atoms with E-state index in [0.29, 0.717) is 11.4 Å². The topological polar surface area (TPSA) is 29.1 Å². The average Bonchev–Trinajstić information content (AvgIpc) is 2.72. The second-order valence-electron chi connectivity index (χ2n) is 4.16. The lowest BCUT2D eigenvalue weighted by atomic mass is 10.1. The number of nitrogens with one attached hydrogen (secondary N) is 1. The minimum Gasteiger partial charge on any atom is -0.351 e. The van der Waals surface area contributed by atoms with Crippen molar-refractivity contribution in [3.8, 4) is 0 Å². The minimum atomic E-state index is -0.0232. The van der Waals surface area contributed by atoms with Gasteiger partial charge >= 0.3 is 0 Å². The van der Waals surface area contributed by atoms with E-state index in [1.165, 1.54) is 22.5 Å². The molecule has 0 fully saturated rings. The van der Waals surface area contributed by atoms with Gasteiger partial charge in [-0.25, -0.2) is 0 Å². The normalized spacial score (nSPS) is 10.5. The van der Waals surface area contributed by atoms with Crippen LogP contribution >= 0.6 is 43.2 Å². The fraction of sp³-hybridized carbons (Fsp3) is 0.214. The average molecular weight is 403 g/mol. The summed E-state index contributed by atoms with van der Waals surface area (Å²) in [6.45, 7) is 2.74. The van der Waals surface area contributed by atoms with Crippen LogP contribution in [0, 0.1) is 6.92 Å². The van der Waals surface area contributed by atoms with E-state index in [1.807, 2.05) is 18.2 Å². The zero-order valence-corrected chi connectivity index (χ0v) is 14.4. The summed E-state index contributed by atoms with van der Waals surface area (Å²) in [5.74, 6) is -0.0232. The molecule has 19 heavy (non-hydrogen) atoms. The Balaban J connectivity index is 1.89. The largest absolute Gasteiger partial charge is 0.351 e. The van der Waals surface area contributed by atoms with Crippen LogP contribution in [0.4, 0.5) is 0 Å². The molecule has 1 N–H and O–H groups in total. The number of carbonyl (C=O) groups is 1. The van der Waals surface area contributed by atoms with Crippen molar-refractivity contribution in [3.63, 3.8) is 0 Å². The summed E-state index contributed by atoms with van der Waals surface area (Å²) < 4.78 is 1.86. The Morgan fingerprint density at radius 3 is 2.68 bits per heavy atom. The van der Waals surface area contributed by atoms with Gasteiger partial charge in [0, 0.05) is 11.0 Å². The van der Waals surface area contributed by atoms with E-state index in [2.05, 4.69) is 56.2 Å². The molecule has 0 bridgehead atoms. The molecule has 2 rings (SSSR count). The van der Waals surface area contributed by atoms with Crippen LogP contribution in [-0.4, -0.2) is 12.5 Å². The van der Waals surface area contributed by atoms with Crippen LogP contribution in [0.1, 0.15) is 20.8 Å². The van der Waals surface area contributed by atoms with Crippen molar-refractivity contribution in [2.24, 2.45) is 0 Å². The van der Waals surface area contributed by atoms with Crippen molar-refractivity contribution >= 4 is 49.1 Å². The number of hydrogen-bond donors (Lipinski definition) is 1. The smallest absolute Gasteiger partial charge is 0.261 e. The van der Waals surface area contributed by atoms with Gasteiger partial charge in [-0.3, -0.25) is 4.79 Å². The van der Waals surface area contributed by atoms with Crippen LogP contribution in [-0.2, 0) is 6.42 Å². The molecular formula is C14H13Br2NOS. The molecule has 0 atom stereocenters. The molecule has 1 aromatic heterocycles. The zero-order chi connectivity index (χ0) is 13.8. The zero-order valence-electron chi connectivity index (χ0n) is 10.4. The van der Waals surface area contributed by atoms with Crippen LogP contribution in [0.3, 0.4) is 0 Å². The maximum Gasteiger partial charge on any atom is 0.261 e. The maximum absolute atomic E-state index is 11.9. The van der Waals surface area contributed by atoms with Gasteiger partial charge in [0.15, 0.2) is 0 Å². The van der Waals surface area contributed by atoms with Crippen molar-refractivity contribution < 1.29 is 4.79 Å². The van der Waals surface area contributed by atoms with Gasteiger partial charge in [-0.1, -0.05) is 24.3 Å². The molecule has 0 unspecified atom stereocenters. The molecule has 0 spiro atoms. The number of benzene rings is 1. The van der Waals surface area contributed by atoms with Crippen LogP contribution in [0.25, 0.3) is 0 Å². The number of rotatable bonds is 4. The number of carbonyl (C=O) groups excluding carboxylic acids is 1. The quantitative estimate of drug-likeness (QED) is 0.798. The third kappa shape index (κ3) is 3.91. The van der Waals surface area contributed by atoms with E-state index < -0.39 is 0 Å². The highest BCUT2D eigenvalue weighted by atomic mass is 79.9. The highest BCUT2D eigenvalue weighted by Crippen LogP contribution is 2.32. The van der Waals surface area contributed by atoms with Crippen molar-refractivity contribution in [2.75, 3.05) is 6.54 Å². The molecule has 0 aliphatic rings. The molecule has 0 saturated carbocycles. The summed E-state index contributed by atoms with van der Waals surface area (Å²) in [5.41, 5.74) is 2.54. The number of thiophene rings is 1. The van der Waals surface area contributed by atoms with Gasteiger partial charge in [0.25, 0.3) is 5.91 Å². The Morgan fingerprint density at radius 1 is 1.32 bits per heavy atom. The van der Waals surface area contributed by atoms with Gasteiger partial charge in [-0.15, -0.1) is 11.3 Å². The molecule has 0 aliphatic carbocycles. The van der Waals surface area contributed by atoms with Gasteiger partial charge in [-0.2, -0.15) is 0 Å². The maximum atomic E-state index is 11.9. The van der Waals surface area contributed by atoms with Crippen molar-refractivity contribution in [2.45, 2.75) is 13.3 Å². The van der Waals surface area contributed by atoms with Crippen LogP contribution < -0.4 is 5.32 Å². The molecule has 1 aromatic carbocycles. The lowest BCUT2D eigenvalue weighted by Crippen LogP contribution is -2.25. The molecular weight excluding hydrogens is 390 g/mol. The molecule has 0 saturated heterocycles. The van der Waals surface area contributed by atoms with Crippen LogP contribution in [0.5, 0.6) is 0 Å². The van der Waals surface area contributed by atoms with E-state index >= 15 is 0 Å². The molecule has 2 aromatic rings. The second-order valence-corrected chi connectivity index (χ2v) is 7.39. The lowest BCUT2D eigenvalue weighted by molar-refractivity contribution is 0.0958. The first kappa shape index (κ1) is 14.8. The predicted octanol–water partition coefficient (Wildman–Crippen LogP) is 4.55. The fourth-order valence-electron chi connectivity index (χ4n) is 1.75. The molecule has 5 heteroatoms. The molecule has 1 amide bonds. The molecule has 100 valence electrons. The third-order valence-electron chi connectivity index (χ3n) is 2.81. The number of halogens is 2. The van der Waals surface area contributed by atoms with Crippen molar-refractivity contribution in [1.29, 1.82) is 0 Å². The Morgan fingerprint density at radius 2 is 2.05 bits per heavy atom. The van der Waals surface area contributed by atoms with Crippen LogP contribution in [0.15, 0.2) is 38.6 Å². The summed E-state index contributed by atoms with van der Waals surface area (Å²) in [4.78, 5) is 12.7. The Hall–Kier alpha value is -0.650. The summed E-state index contributed by atoms with van der Waals surface area (Å²) >= 11 is 8.20. The Bertz CT molecular complexity index is 575. The lowest BCUT2D eigenvalue weighted by Gasteiger charge is -2.06. The van der Waals surface area contributed by atoms with E-state index in [1.54, 1.807) is 0 Å². The monoisotopic (exact) mass is 401 g/mol. The SMILES string of the molecule is Cc1ccccc1CCNC(=O)c1cc(Br)c(Br)s1. The highest BCUT2D eigenvalue weighted by molar-refractivity contribution is 9.13. The number of aryl methyl sites for hydroxylation is 1. The summed E-state index contributed by atoms with van der Waals surface area (Å²) in [6.07, 6.45) is 0.853. The number of hydrogen-bond acceptors (Lipinski definition) is 2. The first-order valence-corrected chi connectivity index (χ1v) is 8.25. The van der Waals surface area contributed by atoms with Crippen LogP contribution in [0.2, 0.25) is 0 Å². The van der Waals surface area contributed by atoms with Gasteiger partial charge in [0.2, 0.25) is 0 Å². The second kappa shape index (κ2) is 6.68.